The topological polar surface area (TPSA) is 91.2 Å². The van der Waals surface area contributed by atoms with E-state index in [1.807, 2.05) is 0 Å². The predicted molar refractivity (Wildman–Crippen MR) is 46.6 cm³/mol. The molecule has 0 aliphatic carbocycles. The van der Waals surface area contributed by atoms with Crippen LogP contribution in [0.2, 0.25) is 0 Å². The van der Waals surface area contributed by atoms with Crippen molar-refractivity contribution in [2.24, 2.45) is 15.7 Å². The third-order valence-corrected chi connectivity index (χ3v) is 2.20. The van der Waals surface area contributed by atoms with Gasteiger partial charge in [0.1, 0.15) is 5.84 Å². The van der Waals surface area contributed by atoms with Gasteiger partial charge >= 0.3 is 0 Å². The average Bonchev–Trinajstić information content (AvgIpc) is 2.00. The molecule has 0 bridgehead atoms. The number of rotatable bonds is 1. The molecule has 2 unspecified atom stereocenters. The number of hydrogen-bond donors (Lipinski definition) is 3. The van der Waals surface area contributed by atoms with Crippen molar-refractivity contribution in [2.45, 2.75) is 11.1 Å². The summed E-state index contributed by atoms with van der Waals surface area (Å²) in [4.78, 5) is 5.41. The van der Waals surface area contributed by atoms with Crippen LogP contribution >= 0.6 is 23.2 Å². The van der Waals surface area contributed by atoms with Crippen molar-refractivity contribution < 1.29 is 10.2 Å². The minimum Gasteiger partial charge on any atom is -0.394 e. The number of hydrogen-bond acceptors (Lipinski definition) is 5. The molecule has 2 atom stereocenters. The highest BCUT2D eigenvalue weighted by molar-refractivity contribution is 6.66. The molecule has 0 fully saturated rings. The number of aliphatic hydroxyl groups excluding tert-OH is 2. The number of nitrogens with zero attached hydrogens (tertiary/aromatic N) is 2. The van der Waals surface area contributed by atoms with Crippen molar-refractivity contribution in [2.75, 3.05) is 6.61 Å². The van der Waals surface area contributed by atoms with Crippen LogP contribution in [0.25, 0.3) is 0 Å². The molecule has 0 radical (unpaired) electrons. The molecular formula is C5H7Cl2N3O2. The average molecular weight is 212 g/mol. The summed E-state index contributed by atoms with van der Waals surface area (Å²) in [6, 6.07) is 0. The molecule has 1 heterocycles. The largest absolute Gasteiger partial charge is 0.394 e. The van der Waals surface area contributed by atoms with E-state index in [9.17, 15) is 5.11 Å². The molecule has 68 valence electrons. The standard InChI is InChI=1S/C5H7Cl2N3O2/c6-4-9-2(8)5(7,1-11)3(12)10-4/h3,11-12H,1H2,(H2,8,9,10). The Kier molecular flexibility index (Phi) is 2.58. The molecule has 0 aromatic rings. The summed E-state index contributed by atoms with van der Waals surface area (Å²) in [6.45, 7) is -0.557. The first-order chi connectivity index (χ1) is 5.50. The lowest BCUT2D eigenvalue weighted by Gasteiger charge is -2.29. The van der Waals surface area contributed by atoms with Crippen LogP contribution in [0.15, 0.2) is 9.98 Å². The smallest absolute Gasteiger partial charge is 0.222 e. The summed E-state index contributed by atoms with van der Waals surface area (Å²) in [5, 5.41) is 17.9. The highest BCUT2D eigenvalue weighted by atomic mass is 35.5. The Morgan fingerprint density at radius 3 is 2.67 bits per heavy atom. The van der Waals surface area contributed by atoms with Gasteiger partial charge < -0.3 is 15.9 Å². The van der Waals surface area contributed by atoms with Crippen LogP contribution in [0.3, 0.4) is 0 Å². The highest BCUT2D eigenvalue weighted by Crippen LogP contribution is 2.24. The van der Waals surface area contributed by atoms with E-state index in [2.05, 4.69) is 9.98 Å². The van der Waals surface area contributed by atoms with Gasteiger partial charge in [0.25, 0.3) is 0 Å². The summed E-state index contributed by atoms with van der Waals surface area (Å²) in [5.74, 6) is -0.140. The van der Waals surface area contributed by atoms with Crippen molar-refractivity contribution in [3.8, 4) is 0 Å². The Morgan fingerprint density at radius 1 is 1.67 bits per heavy atom. The fraction of sp³-hybridized carbons (Fsp3) is 0.600. The zero-order valence-electron chi connectivity index (χ0n) is 5.91. The fourth-order valence-electron chi connectivity index (χ4n) is 0.719. The number of halogens is 2. The molecule has 1 aliphatic rings. The first-order valence-electron chi connectivity index (χ1n) is 3.06. The van der Waals surface area contributed by atoms with Crippen LogP contribution in [0.5, 0.6) is 0 Å². The number of nitrogens with two attached hydrogens (primary N) is 1. The summed E-state index contributed by atoms with van der Waals surface area (Å²) in [5.41, 5.74) is 5.34. The Balaban J connectivity index is 3.02. The maximum Gasteiger partial charge on any atom is 0.222 e. The summed E-state index contributed by atoms with van der Waals surface area (Å²) in [6.07, 6.45) is -1.37. The van der Waals surface area contributed by atoms with Gasteiger partial charge in [0.2, 0.25) is 5.29 Å². The molecule has 0 saturated heterocycles. The zero-order valence-corrected chi connectivity index (χ0v) is 7.42. The zero-order chi connectivity index (χ0) is 9.35. The van der Waals surface area contributed by atoms with Gasteiger partial charge in [-0.05, 0) is 11.6 Å². The van der Waals surface area contributed by atoms with Crippen LogP contribution in [0, 0.1) is 0 Å². The normalized spacial score (nSPS) is 35.8. The molecule has 0 spiro atoms. The minimum atomic E-state index is -1.54. The minimum absolute atomic E-state index is 0.140. The molecule has 4 N–H and O–H groups in total. The summed E-state index contributed by atoms with van der Waals surface area (Å²) in [7, 11) is 0. The maximum absolute atomic E-state index is 9.24. The first-order valence-corrected chi connectivity index (χ1v) is 3.82. The van der Waals surface area contributed by atoms with Crippen LogP contribution in [-0.2, 0) is 0 Å². The van der Waals surface area contributed by atoms with Crippen molar-refractivity contribution in [3.05, 3.63) is 0 Å². The number of aliphatic imine (C=N–C) groups is 2. The highest BCUT2D eigenvalue weighted by Gasteiger charge is 2.42. The van der Waals surface area contributed by atoms with Gasteiger partial charge in [-0.3, -0.25) is 0 Å². The molecule has 7 heteroatoms. The summed E-state index contributed by atoms with van der Waals surface area (Å²) < 4.78 is 0. The molecule has 0 aromatic carbocycles. The van der Waals surface area contributed by atoms with Crippen LogP contribution < -0.4 is 5.73 Å². The Hall–Kier alpha value is -0.360. The lowest BCUT2D eigenvalue weighted by Crippen LogP contribution is -2.53. The second-order valence-electron chi connectivity index (χ2n) is 2.29. The van der Waals surface area contributed by atoms with Crippen LogP contribution in [0.1, 0.15) is 0 Å². The third kappa shape index (κ3) is 1.40. The lowest BCUT2D eigenvalue weighted by molar-refractivity contribution is 0.121. The molecular weight excluding hydrogens is 205 g/mol. The van der Waals surface area contributed by atoms with E-state index in [4.69, 9.17) is 34.0 Å². The van der Waals surface area contributed by atoms with Gasteiger partial charge in [0, 0.05) is 0 Å². The maximum atomic E-state index is 9.24. The van der Waals surface area contributed by atoms with Crippen molar-refractivity contribution >= 4 is 34.3 Å². The van der Waals surface area contributed by atoms with E-state index in [-0.39, 0.29) is 11.1 Å². The third-order valence-electron chi connectivity index (χ3n) is 1.51. The Bertz CT molecular complexity index is 255. The van der Waals surface area contributed by atoms with Crippen molar-refractivity contribution in [3.63, 3.8) is 0 Å². The van der Waals surface area contributed by atoms with Crippen LogP contribution in [0.4, 0.5) is 0 Å². The monoisotopic (exact) mass is 211 g/mol. The second kappa shape index (κ2) is 3.18. The summed E-state index contributed by atoms with van der Waals surface area (Å²) >= 11 is 11.1. The van der Waals surface area contributed by atoms with Crippen molar-refractivity contribution in [1.29, 1.82) is 0 Å². The first kappa shape index (κ1) is 9.73. The van der Waals surface area contributed by atoms with Gasteiger partial charge in [0.15, 0.2) is 11.1 Å². The van der Waals surface area contributed by atoms with Gasteiger partial charge in [-0.2, -0.15) is 0 Å². The van der Waals surface area contributed by atoms with E-state index in [0.29, 0.717) is 0 Å². The molecule has 5 nitrogen and oxygen atoms in total. The molecule has 12 heavy (non-hydrogen) atoms. The van der Waals surface area contributed by atoms with E-state index >= 15 is 0 Å². The number of alkyl halides is 1. The molecule has 0 amide bonds. The molecule has 1 rings (SSSR count). The Labute approximate surface area is 78.5 Å². The van der Waals surface area contributed by atoms with Gasteiger partial charge in [-0.25, -0.2) is 9.98 Å². The molecule has 0 saturated carbocycles. The van der Waals surface area contributed by atoms with E-state index in [1.165, 1.54) is 0 Å². The second-order valence-corrected chi connectivity index (χ2v) is 3.30. The van der Waals surface area contributed by atoms with Gasteiger partial charge in [-0.1, -0.05) is 0 Å². The predicted octanol–water partition coefficient (Wildman–Crippen LogP) is -0.760. The van der Waals surface area contributed by atoms with E-state index < -0.39 is 17.7 Å². The molecule has 1 aliphatic heterocycles. The fourth-order valence-corrected chi connectivity index (χ4v) is 0.994. The quantitative estimate of drug-likeness (QED) is 0.394. The van der Waals surface area contributed by atoms with Gasteiger partial charge in [0.05, 0.1) is 6.61 Å². The van der Waals surface area contributed by atoms with E-state index in [0.717, 1.165) is 0 Å². The SMILES string of the molecule is NC1=NC(Cl)=NC(O)C1(Cl)CO. The lowest BCUT2D eigenvalue weighted by atomic mass is 10.1. The Morgan fingerprint density at radius 2 is 2.25 bits per heavy atom. The van der Waals surface area contributed by atoms with Gasteiger partial charge in [-0.15, -0.1) is 11.6 Å². The van der Waals surface area contributed by atoms with Crippen LogP contribution in [-0.4, -0.2) is 39.1 Å². The number of aliphatic hydroxyl groups is 2. The van der Waals surface area contributed by atoms with Crippen molar-refractivity contribution in [1.82, 2.24) is 0 Å². The number of amidine groups is 2. The van der Waals surface area contributed by atoms with E-state index in [1.54, 1.807) is 0 Å². The molecule has 0 aromatic heterocycles.